The Bertz CT molecular complexity index is 2220. The second kappa shape index (κ2) is 22.3. The highest BCUT2D eigenvalue weighted by Gasteiger charge is 2.54. The normalized spacial score (nSPS) is 27.2. The molecule has 3 unspecified atom stereocenters. The van der Waals surface area contributed by atoms with Crippen LogP contribution < -0.4 is 5.32 Å². The molecular formula is C62H89N5O5. The average Bonchev–Trinajstić information content (AvgIpc) is 4.13. The number of amides is 2. The van der Waals surface area contributed by atoms with Gasteiger partial charge in [-0.2, -0.15) is 0 Å². The number of hydrogen-bond acceptors (Lipinski definition) is 8. The number of rotatable bonds is 17. The van der Waals surface area contributed by atoms with Gasteiger partial charge in [0.2, 0.25) is 0 Å². The van der Waals surface area contributed by atoms with Gasteiger partial charge in [-0.15, -0.1) is 0 Å². The lowest BCUT2D eigenvalue weighted by Gasteiger charge is -2.34. The van der Waals surface area contributed by atoms with Crippen molar-refractivity contribution >= 4 is 18.5 Å². The molecule has 10 nitrogen and oxygen atoms in total. The van der Waals surface area contributed by atoms with Crippen molar-refractivity contribution in [2.24, 2.45) is 16.2 Å². The molecule has 3 aromatic carbocycles. The largest absolute Gasteiger partial charge is 0.444 e. The lowest BCUT2D eigenvalue weighted by atomic mass is 10.0. The number of likely N-dealkylation sites (tertiary alicyclic amines) is 2. The molecule has 0 bridgehead atoms. The standard InChI is InChI=1S/C24H36N2O2.C19H28N2.C19H25NO3/c1-23(2,3)28-22(27)26(21-16-20(21)19-10-6-4-7-11-19)18-24(12-13-24)17-25-14-8-5-9-15-25;1-3-7-16(8-4-1)17-13-18(17)20-14-19(9-10-19)15-21-11-5-2-6-12-21;1-18(2,3)23-17(22)20(12-19(13-21)9-10-19)16-11-15(16)14-7-5-4-6-8-14/h4,6-7,10-11,20-21H,5,8-9,12-18H2,1-3H3;1,3-4,7-8,17-18,20H,2,5-6,9-15H2;4-8,13,15-16H,9-12H2,1-3H3/t20?,21-;17?,18-;15?,16-/m000/s1. The molecule has 2 saturated heterocycles. The highest BCUT2D eigenvalue weighted by molar-refractivity contribution is 5.72. The second-order valence-corrected chi connectivity index (χ2v) is 25.8. The van der Waals surface area contributed by atoms with Crippen molar-refractivity contribution in [1.82, 2.24) is 24.9 Å². The van der Waals surface area contributed by atoms with Crippen LogP contribution in [0.2, 0.25) is 0 Å². The maximum absolute atomic E-state index is 13.1. The lowest BCUT2D eigenvalue weighted by molar-refractivity contribution is -0.112. The van der Waals surface area contributed by atoms with Crippen LogP contribution in [0.1, 0.15) is 172 Å². The van der Waals surface area contributed by atoms with E-state index < -0.39 is 11.2 Å². The van der Waals surface area contributed by atoms with Crippen LogP contribution in [0.3, 0.4) is 0 Å². The van der Waals surface area contributed by atoms with Crippen LogP contribution in [0.4, 0.5) is 9.59 Å². The first-order chi connectivity index (χ1) is 34.5. The summed E-state index contributed by atoms with van der Waals surface area (Å²) < 4.78 is 11.4. The molecule has 72 heavy (non-hydrogen) atoms. The van der Waals surface area contributed by atoms with E-state index in [4.69, 9.17) is 9.47 Å². The number of carbonyl (C=O) groups is 3. The molecule has 6 atom stereocenters. The Morgan fingerprint density at radius 2 is 0.958 bits per heavy atom. The first kappa shape index (κ1) is 52.6. The molecule has 2 heterocycles. The third-order valence-corrected chi connectivity index (χ3v) is 16.8. The molecule has 6 saturated carbocycles. The molecule has 6 aliphatic carbocycles. The molecule has 11 rings (SSSR count). The van der Waals surface area contributed by atoms with Crippen LogP contribution in [-0.2, 0) is 14.3 Å². The quantitative estimate of drug-likeness (QED) is 0.134. The Hall–Kier alpha value is -4.25. The van der Waals surface area contributed by atoms with Crippen LogP contribution in [0.15, 0.2) is 91.0 Å². The molecular weight excluding hydrogens is 895 g/mol. The Morgan fingerprint density at radius 3 is 1.35 bits per heavy atom. The van der Waals surface area contributed by atoms with Gasteiger partial charge in [0.05, 0.1) is 0 Å². The summed E-state index contributed by atoms with van der Waals surface area (Å²) in [6.07, 6.45) is 19.4. The van der Waals surface area contributed by atoms with Crippen LogP contribution in [0, 0.1) is 16.2 Å². The predicted octanol–water partition coefficient (Wildman–Crippen LogP) is 12.2. The molecule has 3 aromatic rings. The van der Waals surface area contributed by atoms with Crippen molar-refractivity contribution in [2.75, 3.05) is 58.9 Å². The number of carbonyl (C=O) groups excluding carboxylic acids is 3. The molecule has 8 fully saturated rings. The summed E-state index contributed by atoms with van der Waals surface area (Å²) in [6.45, 7) is 21.7. The van der Waals surface area contributed by atoms with Gasteiger partial charge in [0.15, 0.2) is 0 Å². The van der Waals surface area contributed by atoms with E-state index in [1.54, 1.807) is 4.90 Å². The molecule has 2 aliphatic heterocycles. The molecule has 392 valence electrons. The van der Waals surface area contributed by atoms with Crippen LogP contribution in [0.5, 0.6) is 0 Å². The Morgan fingerprint density at radius 1 is 0.556 bits per heavy atom. The number of hydrogen-bond donors (Lipinski definition) is 1. The van der Waals surface area contributed by atoms with Crippen molar-refractivity contribution in [1.29, 1.82) is 0 Å². The monoisotopic (exact) mass is 984 g/mol. The topological polar surface area (TPSA) is 94.7 Å². The van der Waals surface area contributed by atoms with Crippen molar-refractivity contribution in [3.8, 4) is 0 Å². The first-order valence-electron chi connectivity index (χ1n) is 28.3. The second-order valence-electron chi connectivity index (χ2n) is 25.8. The van der Waals surface area contributed by atoms with E-state index in [-0.39, 0.29) is 35.1 Å². The fourth-order valence-corrected chi connectivity index (χ4v) is 11.8. The fourth-order valence-electron chi connectivity index (χ4n) is 11.8. The minimum atomic E-state index is -0.523. The van der Waals surface area contributed by atoms with Gasteiger partial charge < -0.3 is 39.2 Å². The maximum atomic E-state index is 13.1. The van der Waals surface area contributed by atoms with E-state index in [0.29, 0.717) is 23.8 Å². The van der Waals surface area contributed by atoms with Crippen molar-refractivity contribution in [2.45, 2.75) is 185 Å². The molecule has 0 aromatic heterocycles. The van der Waals surface area contributed by atoms with E-state index in [9.17, 15) is 14.4 Å². The van der Waals surface area contributed by atoms with Gasteiger partial charge in [0.1, 0.15) is 17.5 Å². The van der Waals surface area contributed by atoms with Crippen LogP contribution in [0.25, 0.3) is 0 Å². The van der Waals surface area contributed by atoms with Gasteiger partial charge >= 0.3 is 12.2 Å². The number of ether oxygens (including phenoxy) is 2. The van der Waals surface area contributed by atoms with E-state index >= 15 is 0 Å². The average molecular weight is 984 g/mol. The summed E-state index contributed by atoms with van der Waals surface area (Å²) >= 11 is 0. The highest BCUT2D eigenvalue weighted by Crippen LogP contribution is 2.53. The smallest absolute Gasteiger partial charge is 0.410 e. The van der Waals surface area contributed by atoms with E-state index in [0.717, 1.165) is 57.0 Å². The Balaban J connectivity index is 0.000000135. The van der Waals surface area contributed by atoms with Gasteiger partial charge in [-0.3, -0.25) is 0 Å². The summed E-state index contributed by atoms with van der Waals surface area (Å²) in [7, 11) is 0. The zero-order chi connectivity index (χ0) is 50.6. The summed E-state index contributed by atoms with van der Waals surface area (Å²) in [5.74, 6) is 1.59. The minimum Gasteiger partial charge on any atom is -0.444 e. The van der Waals surface area contributed by atoms with Crippen molar-refractivity contribution in [3.05, 3.63) is 108 Å². The van der Waals surface area contributed by atoms with Crippen molar-refractivity contribution in [3.63, 3.8) is 0 Å². The molecule has 2 amide bonds. The van der Waals surface area contributed by atoms with Crippen molar-refractivity contribution < 1.29 is 23.9 Å². The zero-order valence-electron chi connectivity index (χ0n) is 45.0. The molecule has 10 heteroatoms. The van der Waals surface area contributed by atoms with E-state index in [2.05, 4.69) is 92.8 Å². The molecule has 1 N–H and O–H groups in total. The van der Waals surface area contributed by atoms with E-state index in [1.807, 2.05) is 59.7 Å². The number of nitrogens with one attached hydrogen (secondary N) is 1. The minimum absolute atomic E-state index is 0.124. The summed E-state index contributed by atoms with van der Waals surface area (Å²) in [5, 5.41) is 3.87. The number of benzene rings is 3. The van der Waals surface area contributed by atoms with Gasteiger partial charge in [0, 0.05) is 79.4 Å². The molecule has 0 radical (unpaired) electrons. The third kappa shape index (κ3) is 15.0. The van der Waals surface area contributed by atoms with Crippen LogP contribution >= 0.6 is 0 Å². The number of piperidine rings is 2. The first-order valence-corrected chi connectivity index (χ1v) is 28.3. The number of aldehydes is 1. The predicted molar refractivity (Wildman–Crippen MR) is 288 cm³/mol. The van der Waals surface area contributed by atoms with Gasteiger partial charge in [-0.1, -0.05) is 104 Å². The Kier molecular flexibility index (Phi) is 16.3. The maximum Gasteiger partial charge on any atom is 0.410 e. The molecule has 0 spiro atoms. The third-order valence-electron chi connectivity index (χ3n) is 16.8. The molecule has 8 aliphatic rings. The van der Waals surface area contributed by atoms with Gasteiger partial charge in [-0.25, -0.2) is 9.59 Å². The number of nitrogens with zero attached hydrogens (tertiary/aromatic N) is 4. The van der Waals surface area contributed by atoms with Crippen LogP contribution in [-0.4, -0.2) is 126 Å². The van der Waals surface area contributed by atoms with Gasteiger partial charge in [0.25, 0.3) is 0 Å². The lowest BCUT2D eigenvalue weighted by Crippen LogP contribution is -2.45. The Labute approximate surface area is 433 Å². The fraction of sp³-hybridized carbons (Fsp3) is 0.661. The van der Waals surface area contributed by atoms with Gasteiger partial charge in [-0.05, 0) is 173 Å². The summed E-state index contributed by atoms with van der Waals surface area (Å²) in [5.41, 5.74) is 3.74. The summed E-state index contributed by atoms with van der Waals surface area (Å²) in [6, 6.07) is 33.1. The highest BCUT2D eigenvalue weighted by atomic mass is 16.6. The zero-order valence-corrected chi connectivity index (χ0v) is 45.0. The SMILES string of the molecule is CC(C)(C)OC(=O)N(CC1(C=O)CC1)[C@H]1CC1c1ccccc1.CC(C)(C)OC(=O)N(CC1(CN2CCCCC2)CC1)[C@H]1CC1c1ccccc1.c1ccc(C2C[C@@H]2NCC2(CN3CCCCC3)CC2)cc1. The van der Waals surface area contributed by atoms with E-state index in [1.165, 1.54) is 127 Å². The summed E-state index contributed by atoms with van der Waals surface area (Å²) in [4.78, 5) is 46.3.